The van der Waals surface area contributed by atoms with E-state index in [1.54, 1.807) is 0 Å². The number of fused-ring (bicyclic) bond motifs is 18. The van der Waals surface area contributed by atoms with Gasteiger partial charge in [0.2, 0.25) is 0 Å². The van der Waals surface area contributed by atoms with Gasteiger partial charge in [0, 0.05) is 60.7 Å². The number of anilines is 5. The second-order valence-corrected chi connectivity index (χ2v) is 21.5. The van der Waals surface area contributed by atoms with Gasteiger partial charge in [-0.05, 0) is 117 Å². The molecule has 6 aliphatic rings. The quantitative estimate of drug-likeness (QED) is 0.155. The molecule has 15 rings (SSSR count). The van der Waals surface area contributed by atoms with Crippen LogP contribution in [0.5, 0.6) is 11.5 Å². The van der Waals surface area contributed by atoms with Crippen LogP contribution in [0.1, 0.15) is 53.1 Å². The average molecular weight is 935 g/mol. The molecule has 0 N–H and O–H groups in total. The van der Waals surface area contributed by atoms with Crippen LogP contribution in [0.25, 0.3) is 31.7 Å². The van der Waals surface area contributed by atoms with E-state index in [1.165, 1.54) is 65.0 Å². The minimum absolute atomic E-state index is 0.0219. The Morgan fingerprint density at radius 2 is 1.28 bits per heavy atom. The maximum Gasteiger partial charge on any atom is 0.147 e. The number of rotatable bonds is 6. The lowest BCUT2D eigenvalue weighted by molar-refractivity contribution is 0.160. The highest BCUT2D eigenvalue weighted by molar-refractivity contribution is 7.22. The van der Waals surface area contributed by atoms with Gasteiger partial charge in [0.05, 0.1) is 23.8 Å². The largest absolute Gasteiger partial charge is 0.490 e. The van der Waals surface area contributed by atoms with Gasteiger partial charge in [0.15, 0.2) is 0 Å². The molecule has 0 saturated heterocycles. The predicted molar refractivity (Wildman–Crippen MR) is 292 cm³/mol. The summed E-state index contributed by atoms with van der Waals surface area (Å²) in [7, 11) is 0. The summed E-state index contributed by atoms with van der Waals surface area (Å²) in [5, 5.41) is 1.31. The number of allylic oxidation sites excluding steroid dienone is 3. The van der Waals surface area contributed by atoms with Crippen LogP contribution >= 0.6 is 11.3 Å². The lowest BCUT2D eigenvalue weighted by Crippen LogP contribution is -2.50. The molecule has 1 spiro atoms. The molecule has 7 unspecified atom stereocenters. The summed E-state index contributed by atoms with van der Waals surface area (Å²) in [5.74, 6) is 2.58. The van der Waals surface area contributed by atoms with E-state index in [0.29, 0.717) is 6.61 Å². The molecule has 0 bridgehead atoms. The first-order valence-electron chi connectivity index (χ1n) is 25.2. The van der Waals surface area contributed by atoms with Crippen LogP contribution in [0.15, 0.2) is 225 Å². The van der Waals surface area contributed by atoms with E-state index in [0.717, 1.165) is 39.9 Å². The van der Waals surface area contributed by atoms with Gasteiger partial charge >= 0.3 is 0 Å². The van der Waals surface area contributed by atoms with Gasteiger partial charge < -0.3 is 19.3 Å². The summed E-state index contributed by atoms with van der Waals surface area (Å²) >= 11 is 1.93. The summed E-state index contributed by atoms with van der Waals surface area (Å²) in [6, 6.07) is 70.2. The van der Waals surface area contributed by atoms with Crippen LogP contribution in [0.3, 0.4) is 0 Å². The third kappa shape index (κ3) is 5.67. The molecule has 5 heteroatoms. The maximum atomic E-state index is 7.05. The monoisotopic (exact) mass is 934 g/mol. The normalized spacial score (nSPS) is 24.2. The predicted octanol–water partition coefficient (Wildman–Crippen LogP) is 16.4. The summed E-state index contributed by atoms with van der Waals surface area (Å²) < 4.78 is 15.3. The summed E-state index contributed by atoms with van der Waals surface area (Å²) in [6.07, 6.45) is 13.8. The highest BCUT2D eigenvalue weighted by Gasteiger charge is 2.55. The van der Waals surface area contributed by atoms with E-state index in [1.807, 2.05) is 11.3 Å². The Labute approximate surface area is 419 Å². The van der Waals surface area contributed by atoms with Gasteiger partial charge in [-0.25, -0.2) is 0 Å². The SMILES string of the molecule is CC1C=CC2c3ccccc3OC2C1N(c1ccccc1)c1ccc2c(c1)C1(c3ccccc3-2)c2cc(N(c3ccccc3)c3cccc4c3OCC3C=CC=CC43C)ccc2-c2sc3ccccc3c21. The van der Waals surface area contributed by atoms with Gasteiger partial charge in [0.1, 0.15) is 17.6 Å². The molecule has 0 amide bonds. The van der Waals surface area contributed by atoms with Crippen LogP contribution in [0.2, 0.25) is 0 Å². The molecule has 0 saturated carbocycles. The van der Waals surface area contributed by atoms with Crippen molar-refractivity contribution in [2.24, 2.45) is 11.8 Å². The molecule has 342 valence electrons. The van der Waals surface area contributed by atoms with Crippen LogP contribution in [0, 0.1) is 11.8 Å². The Kier molecular flexibility index (Phi) is 8.84. The number of para-hydroxylation sites is 4. The fraction of sp³-hybridized carbons (Fsp3) is 0.152. The zero-order valence-electron chi connectivity index (χ0n) is 39.6. The summed E-state index contributed by atoms with van der Waals surface area (Å²) in [4.78, 5) is 6.38. The fourth-order valence-corrected chi connectivity index (χ4v) is 14.9. The molecular formula is C66H50N2O2S. The van der Waals surface area contributed by atoms with Crippen LogP contribution in [-0.4, -0.2) is 18.8 Å². The first-order chi connectivity index (χ1) is 35.0. The van der Waals surface area contributed by atoms with E-state index in [4.69, 9.17) is 9.47 Å². The van der Waals surface area contributed by atoms with Crippen molar-refractivity contribution in [1.82, 2.24) is 0 Å². The van der Waals surface area contributed by atoms with E-state index in [2.05, 4.69) is 248 Å². The number of ether oxygens (including phenoxy) is 2. The Morgan fingerprint density at radius 3 is 2.17 bits per heavy atom. The van der Waals surface area contributed by atoms with E-state index in [-0.39, 0.29) is 35.3 Å². The topological polar surface area (TPSA) is 24.9 Å². The Balaban J connectivity index is 0.977. The molecule has 7 atom stereocenters. The number of hydrogen-bond acceptors (Lipinski definition) is 5. The minimum atomic E-state index is -0.625. The second-order valence-electron chi connectivity index (χ2n) is 20.4. The zero-order chi connectivity index (χ0) is 47.0. The Hall–Kier alpha value is -7.86. The van der Waals surface area contributed by atoms with E-state index >= 15 is 0 Å². The molecule has 0 radical (unpaired) electrons. The lowest BCUT2D eigenvalue weighted by atomic mass is 9.68. The molecule has 3 heterocycles. The molecule has 2 aliphatic heterocycles. The highest BCUT2D eigenvalue weighted by atomic mass is 32.1. The first-order valence-corrected chi connectivity index (χ1v) is 26.0. The number of hydrogen-bond donors (Lipinski definition) is 0. The molecule has 4 nitrogen and oxygen atoms in total. The van der Waals surface area contributed by atoms with Gasteiger partial charge in [-0.2, -0.15) is 0 Å². The number of nitrogens with zero attached hydrogens (tertiary/aromatic N) is 2. The van der Waals surface area contributed by atoms with Gasteiger partial charge in [-0.3, -0.25) is 0 Å². The molecule has 71 heavy (non-hydrogen) atoms. The van der Waals surface area contributed by atoms with Crippen molar-refractivity contribution in [2.45, 2.75) is 42.7 Å². The molecular weight excluding hydrogens is 885 g/mol. The minimum Gasteiger partial charge on any atom is -0.490 e. The zero-order valence-corrected chi connectivity index (χ0v) is 40.4. The van der Waals surface area contributed by atoms with Crippen LogP contribution < -0.4 is 19.3 Å². The van der Waals surface area contributed by atoms with Crippen molar-refractivity contribution in [2.75, 3.05) is 16.4 Å². The molecule has 0 fully saturated rings. The molecule has 9 aromatic rings. The second kappa shape index (κ2) is 15.3. The maximum absolute atomic E-state index is 7.05. The van der Waals surface area contributed by atoms with Crippen LogP contribution in [-0.2, 0) is 10.8 Å². The van der Waals surface area contributed by atoms with Crippen LogP contribution in [0.4, 0.5) is 28.4 Å². The van der Waals surface area contributed by atoms with Crippen molar-refractivity contribution in [3.63, 3.8) is 0 Å². The number of thiophene rings is 1. The average Bonchev–Trinajstić information content (AvgIpc) is 4.16. The Bertz CT molecular complexity index is 3740. The van der Waals surface area contributed by atoms with Gasteiger partial charge in [-0.15, -0.1) is 11.3 Å². The third-order valence-electron chi connectivity index (χ3n) is 16.8. The molecule has 8 aromatic carbocycles. The Morgan fingerprint density at radius 1 is 0.577 bits per heavy atom. The first kappa shape index (κ1) is 41.0. The standard InChI is InChI=1S/C66H50N2O2S/c1-41-31-34-50-49-24-10-13-29-58(49)70-62(50)61(41)68(44-21-7-4-8-22-44)46-32-35-48-47-23-9-12-26-53(47)66(55(48)39-46)56-38-45(33-36-51(56)64-60(66)52-25-11-14-30-59(52)71-64)67(43-19-5-3-6-20-43)57-28-17-27-54-63(57)69-40-42-18-15-16-37-65(42,54)2/h3-39,41-42,50,61-62H,40H2,1-2H3. The van der Waals surface area contributed by atoms with Crippen molar-refractivity contribution in [3.8, 4) is 33.1 Å². The smallest absolute Gasteiger partial charge is 0.147 e. The van der Waals surface area contributed by atoms with Crippen molar-refractivity contribution < 1.29 is 9.47 Å². The van der Waals surface area contributed by atoms with E-state index in [9.17, 15) is 0 Å². The molecule has 4 aliphatic carbocycles. The third-order valence-corrected chi connectivity index (χ3v) is 18.0. The van der Waals surface area contributed by atoms with Crippen molar-refractivity contribution in [3.05, 3.63) is 258 Å². The van der Waals surface area contributed by atoms with Crippen molar-refractivity contribution in [1.29, 1.82) is 0 Å². The highest BCUT2D eigenvalue weighted by Crippen LogP contribution is 2.67. The van der Waals surface area contributed by atoms with Gasteiger partial charge in [-0.1, -0.05) is 172 Å². The fourth-order valence-electron chi connectivity index (χ4n) is 13.6. The van der Waals surface area contributed by atoms with Crippen molar-refractivity contribution >= 4 is 49.9 Å². The van der Waals surface area contributed by atoms with E-state index < -0.39 is 5.41 Å². The summed E-state index contributed by atoms with van der Waals surface area (Å²) in [6.45, 7) is 5.35. The number of benzene rings is 8. The lowest BCUT2D eigenvalue weighted by Gasteiger charge is -2.43. The molecule has 1 aromatic heterocycles. The summed E-state index contributed by atoms with van der Waals surface area (Å²) in [5.41, 5.74) is 16.4. The van der Waals surface area contributed by atoms with Gasteiger partial charge in [0.25, 0.3) is 0 Å².